The zero-order valence-electron chi connectivity index (χ0n) is 26.2. The lowest BCUT2D eigenvalue weighted by Gasteiger charge is -2.13. The number of amides is 4. The summed E-state index contributed by atoms with van der Waals surface area (Å²) in [7, 11) is -9.14. The van der Waals surface area contributed by atoms with Crippen molar-refractivity contribution in [1.82, 2.24) is 10.1 Å². The van der Waals surface area contributed by atoms with Crippen molar-refractivity contribution in [3.8, 4) is 0 Å². The maximum atomic E-state index is 12.9. The van der Waals surface area contributed by atoms with Crippen molar-refractivity contribution in [2.75, 3.05) is 6.79 Å². The quantitative estimate of drug-likeness (QED) is 0.130. The zero-order chi connectivity index (χ0) is 36.8. The molecule has 6 rings (SSSR count). The van der Waals surface area contributed by atoms with E-state index in [1.807, 2.05) is 0 Å². The van der Waals surface area contributed by atoms with E-state index < -0.39 is 62.6 Å². The molecular weight excluding hydrogens is 712 g/mol. The largest absolute Gasteiger partial charge is 0.424 e. The van der Waals surface area contributed by atoms with Crippen LogP contribution in [0, 0.1) is 13.8 Å². The van der Waals surface area contributed by atoms with Crippen LogP contribution in [0.1, 0.15) is 73.3 Å². The molecule has 0 N–H and O–H groups in total. The van der Waals surface area contributed by atoms with Crippen LogP contribution in [0.4, 0.5) is 0 Å². The van der Waals surface area contributed by atoms with Crippen LogP contribution in [0.5, 0.6) is 0 Å². The van der Waals surface area contributed by atoms with Gasteiger partial charge in [-0.05, 0) is 74.5 Å². The summed E-state index contributed by atoms with van der Waals surface area (Å²) in [5, 5.41) is 0.111. The Hall–Kier alpha value is -6.08. The monoisotopic (exact) mass is 734 g/mol. The van der Waals surface area contributed by atoms with Crippen molar-refractivity contribution in [2.45, 2.75) is 23.6 Å². The average molecular weight is 735 g/mol. The Labute approximate surface area is 288 Å². The number of esters is 2. The number of hydrogen-bond acceptors (Lipinski definition) is 14. The fraction of sp³-hybridized carbons (Fsp3) is 0.0909. The van der Waals surface area contributed by atoms with E-state index in [1.165, 1.54) is 48.5 Å². The third-order valence-electron chi connectivity index (χ3n) is 7.51. The molecular formula is C33H22N2O14S2. The highest BCUT2D eigenvalue weighted by molar-refractivity contribution is 7.87. The number of fused-ring (bicyclic) bond motifs is 2. The van der Waals surface area contributed by atoms with Crippen molar-refractivity contribution in [3.63, 3.8) is 0 Å². The van der Waals surface area contributed by atoms with E-state index in [2.05, 4.69) is 0 Å². The maximum Gasteiger partial charge on any atom is 0.341 e. The van der Waals surface area contributed by atoms with Gasteiger partial charge < -0.3 is 9.47 Å². The molecule has 2 aliphatic heterocycles. The third-order valence-corrected chi connectivity index (χ3v) is 9.90. The second-order valence-corrected chi connectivity index (χ2v) is 14.1. The zero-order valence-corrected chi connectivity index (χ0v) is 27.8. The highest BCUT2D eigenvalue weighted by atomic mass is 32.2. The highest BCUT2D eigenvalue weighted by Crippen LogP contribution is 2.29. The molecule has 0 fully saturated rings. The number of carbonyl (C=O) groups excluding carboxylic acids is 6. The van der Waals surface area contributed by atoms with Crippen LogP contribution in [0.15, 0.2) is 94.7 Å². The Kier molecular flexibility index (Phi) is 8.86. The van der Waals surface area contributed by atoms with Gasteiger partial charge in [-0.2, -0.15) is 16.8 Å². The topological polar surface area (TPSA) is 214 Å². The first kappa shape index (κ1) is 34.8. The summed E-state index contributed by atoms with van der Waals surface area (Å²) in [6.07, 6.45) is 0. The van der Waals surface area contributed by atoms with Crippen LogP contribution in [0.2, 0.25) is 0 Å². The lowest BCUT2D eigenvalue weighted by molar-refractivity contribution is -0.0168. The summed E-state index contributed by atoms with van der Waals surface area (Å²) in [6, 6.07) is 17.3. The van der Waals surface area contributed by atoms with Gasteiger partial charge in [0.05, 0.1) is 43.2 Å². The van der Waals surface area contributed by atoms with E-state index in [4.69, 9.17) is 18.0 Å². The number of carbonyl (C=O) groups is 6. The van der Waals surface area contributed by atoms with Crippen molar-refractivity contribution in [2.24, 2.45) is 0 Å². The van der Waals surface area contributed by atoms with Gasteiger partial charge in [-0.3, -0.25) is 19.2 Å². The molecule has 0 aromatic heterocycles. The number of hydrogen-bond donors (Lipinski definition) is 0. The summed E-state index contributed by atoms with van der Waals surface area (Å²) in [6.45, 7) is 2.50. The van der Waals surface area contributed by atoms with Gasteiger partial charge in [-0.25, -0.2) is 9.59 Å². The second-order valence-electron chi connectivity index (χ2n) is 11.0. The minimum absolute atomic E-state index is 0.0555. The van der Waals surface area contributed by atoms with E-state index in [1.54, 1.807) is 13.8 Å². The second kappa shape index (κ2) is 13.0. The van der Waals surface area contributed by atoms with E-state index in [9.17, 15) is 45.6 Å². The van der Waals surface area contributed by atoms with Gasteiger partial charge in [0.1, 0.15) is 0 Å². The molecule has 260 valence electrons. The minimum Gasteiger partial charge on any atom is -0.424 e. The van der Waals surface area contributed by atoms with E-state index in [0.29, 0.717) is 0 Å². The van der Waals surface area contributed by atoms with Crippen LogP contribution in [0.3, 0.4) is 0 Å². The van der Waals surface area contributed by atoms with Crippen LogP contribution in [-0.2, 0) is 38.3 Å². The van der Waals surface area contributed by atoms with Crippen molar-refractivity contribution >= 4 is 55.8 Å². The third kappa shape index (κ3) is 6.63. The number of nitrogens with zero attached hydrogens (tertiary/aromatic N) is 2. The highest BCUT2D eigenvalue weighted by Gasteiger charge is 2.42. The smallest absolute Gasteiger partial charge is 0.341 e. The van der Waals surface area contributed by atoms with Crippen molar-refractivity contribution in [1.29, 1.82) is 0 Å². The van der Waals surface area contributed by atoms with Crippen LogP contribution in [-0.4, -0.2) is 69.3 Å². The molecule has 16 nitrogen and oxygen atoms in total. The fourth-order valence-corrected chi connectivity index (χ4v) is 6.60. The van der Waals surface area contributed by atoms with E-state index in [-0.39, 0.29) is 53.3 Å². The first-order chi connectivity index (χ1) is 24.1. The van der Waals surface area contributed by atoms with Crippen molar-refractivity contribution < 1.29 is 63.6 Å². The molecule has 0 atom stereocenters. The van der Waals surface area contributed by atoms with Gasteiger partial charge in [0.15, 0.2) is 0 Å². The molecule has 51 heavy (non-hydrogen) atoms. The number of ether oxygens (including phenoxy) is 2. The van der Waals surface area contributed by atoms with Gasteiger partial charge >= 0.3 is 32.2 Å². The number of hydroxylamine groups is 4. The molecule has 4 aromatic carbocycles. The van der Waals surface area contributed by atoms with Gasteiger partial charge in [0.25, 0.3) is 23.6 Å². The Morgan fingerprint density at radius 2 is 0.843 bits per heavy atom. The molecule has 2 aliphatic rings. The number of aryl methyl sites for hydroxylation is 2. The normalized spacial score (nSPS) is 14.1. The Balaban J connectivity index is 1.07. The number of benzene rings is 4. The summed E-state index contributed by atoms with van der Waals surface area (Å²) in [5.41, 5.74) is -0.218. The Morgan fingerprint density at radius 3 is 1.20 bits per heavy atom. The molecule has 0 saturated carbocycles. The fourth-order valence-electron chi connectivity index (χ4n) is 4.82. The molecule has 0 saturated heterocycles. The molecule has 4 amide bonds. The molecule has 18 heteroatoms. The number of imide groups is 2. The van der Waals surface area contributed by atoms with Crippen LogP contribution >= 0.6 is 0 Å². The van der Waals surface area contributed by atoms with Gasteiger partial charge in [0, 0.05) is 0 Å². The summed E-state index contributed by atoms with van der Waals surface area (Å²) in [5.74, 6) is -6.70. The number of rotatable bonds is 10. The first-order valence-electron chi connectivity index (χ1n) is 14.5. The molecule has 2 heterocycles. The predicted octanol–water partition coefficient (Wildman–Crippen LogP) is 3.11. The van der Waals surface area contributed by atoms with E-state index in [0.717, 1.165) is 47.5 Å². The van der Waals surface area contributed by atoms with Gasteiger partial charge in [0.2, 0.25) is 6.79 Å². The SMILES string of the molecule is Cc1ccc(S(=O)(=O)ON2C(=O)c3ccc(C(=O)OCOC(=O)c4ccc5c(c4)C(=O)N(OS(=O)(=O)c4ccc(C)cc4)C5=O)cc3C2=O)cc1. The standard InChI is InChI=1S/C33H22N2O14S2/c1-18-3-9-22(10-4-18)50(42,43)48-34-28(36)24-13-7-20(15-26(24)30(34)38)32(40)46-17-47-33(41)21-8-14-25-27(16-21)31(39)35(29(25)37)49-51(44,45)23-11-5-19(2)6-12-23/h3-16H,17H2,1-2H3. The van der Waals surface area contributed by atoms with E-state index >= 15 is 0 Å². The summed E-state index contributed by atoms with van der Waals surface area (Å²) < 4.78 is 70.1. The molecule has 0 unspecified atom stereocenters. The van der Waals surface area contributed by atoms with Gasteiger partial charge in [-0.15, -0.1) is 18.7 Å². The molecule has 0 bridgehead atoms. The molecule has 0 aliphatic carbocycles. The first-order valence-corrected chi connectivity index (χ1v) is 17.3. The molecule has 4 aromatic rings. The van der Waals surface area contributed by atoms with Crippen molar-refractivity contribution in [3.05, 3.63) is 129 Å². The minimum atomic E-state index is -4.57. The Bertz CT molecular complexity index is 2240. The Morgan fingerprint density at radius 1 is 0.510 bits per heavy atom. The summed E-state index contributed by atoms with van der Waals surface area (Å²) in [4.78, 5) is 76.1. The lowest BCUT2D eigenvalue weighted by Crippen LogP contribution is -2.32. The van der Waals surface area contributed by atoms with Gasteiger partial charge in [-0.1, -0.05) is 35.4 Å². The van der Waals surface area contributed by atoms with Crippen LogP contribution < -0.4 is 0 Å². The van der Waals surface area contributed by atoms with Crippen LogP contribution in [0.25, 0.3) is 0 Å². The maximum absolute atomic E-state index is 12.9. The molecule has 0 radical (unpaired) electrons. The summed E-state index contributed by atoms with van der Waals surface area (Å²) >= 11 is 0. The average Bonchev–Trinajstić information content (AvgIpc) is 3.47. The predicted molar refractivity (Wildman–Crippen MR) is 168 cm³/mol. The lowest BCUT2D eigenvalue weighted by atomic mass is 10.1. The molecule has 0 spiro atoms.